The molecule has 0 spiro atoms. The summed E-state index contributed by atoms with van der Waals surface area (Å²) >= 11 is 0. The predicted octanol–water partition coefficient (Wildman–Crippen LogP) is 18.1. The highest BCUT2D eigenvalue weighted by atomic mass is 15.2. The molecule has 73 heavy (non-hydrogen) atoms. The SMILES string of the molecule is c1ccc(-c2nn3c(-c4ccccc4)cc4c(N(c5ccc(-c6ccc7ccccc7c6)cc5)c5cccc6c5-c5ccccc5C6(c5ccccc5)c5ccccc5)cccc4c3c2-c2ccccc2)cc1. The summed E-state index contributed by atoms with van der Waals surface area (Å²) in [6.45, 7) is 0. The van der Waals surface area contributed by atoms with Crippen LogP contribution in [-0.4, -0.2) is 9.61 Å². The van der Waals surface area contributed by atoms with Crippen LogP contribution >= 0.6 is 0 Å². The van der Waals surface area contributed by atoms with E-state index >= 15 is 0 Å². The second kappa shape index (κ2) is 17.4. The summed E-state index contributed by atoms with van der Waals surface area (Å²) in [4.78, 5) is 2.52. The lowest BCUT2D eigenvalue weighted by molar-refractivity contribution is 0.768. The molecule has 0 fully saturated rings. The van der Waals surface area contributed by atoms with Crippen molar-refractivity contribution in [3.05, 3.63) is 307 Å². The number of pyridine rings is 1. The highest BCUT2D eigenvalue weighted by Gasteiger charge is 2.47. The van der Waals surface area contributed by atoms with Gasteiger partial charge in [0.25, 0.3) is 0 Å². The quantitative estimate of drug-likeness (QED) is 0.144. The van der Waals surface area contributed by atoms with Gasteiger partial charge in [0, 0.05) is 38.7 Å². The molecule has 0 bridgehead atoms. The van der Waals surface area contributed by atoms with E-state index in [-0.39, 0.29) is 0 Å². The van der Waals surface area contributed by atoms with Crippen LogP contribution in [0.15, 0.2) is 285 Å². The van der Waals surface area contributed by atoms with Crippen molar-refractivity contribution < 1.29 is 0 Å². The van der Waals surface area contributed by atoms with Gasteiger partial charge in [-0.1, -0.05) is 249 Å². The number of fused-ring (bicyclic) bond motifs is 7. The summed E-state index contributed by atoms with van der Waals surface area (Å²) in [6, 6.07) is 104. The first-order valence-electron chi connectivity index (χ1n) is 25.1. The Morgan fingerprint density at radius 2 is 0.890 bits per heavy atom. The summed E-state index contributed by atoms with van der Waals surface area (Å²) in [6.07, 6.45) is 0. The largest absolute Gasteiger partial charge is 0.309 e. The Hall–Kier alpha value is -9.57. The van der Waals surface area contributed by atoms with Gasteiger partial charge in [0.2, 0.25) is 0 Å². The molecule has 13 aromatic rings. The van der Waals surface area contributed by atoms with E-state index in [1.807, 2.05) is 0 Å². The van der Waals surface area contributed by atoms with Gasteiger partial charge in [0.1, 0.15) is 5.69 Å². The van der Waals surface area contributed by atoms with Crippen LogP contribution in [0.25, 0.3) is 83.0 Å². The van der Waals surface area contributed by atoms with Crippen molar-refractivity contribution in [2.75, 3.05) is 4.90 Å². The van der Waals surface area contributed by atoms with Crippen molar-refractivity contribution in [1.82, 2.24) is 9.61 Å². The Morgan fingerprint density at radius 3 is 1.59 bits per heavy atom. The average Bonchev–Trinajstić information content (AvgIpc) is 4.04. The highest BCUT2D eigenvalue weighted by molar-refractivity contribution is 6.14. The predicted molar refractivity (Wildman–Crippen MR) is 304 cm³/mol. The van der Waals surface area contributed by atoms with Gasteiger partial charge in [-0.05, 0) is 91.7 Å². The van der Waals surface area contributed by atoms with Gasteiger partial charge in [-0.3, -0.25) is 0 Å². The van der Waals surface area contributed by atoms with Crippen LogP contribution in [0.2, 0.25) is 0 Å². The number of nitrogens with zero attached hydrogens (tertiary/aromatic N) is 3. The molecule has 0 unspecified atom stereocenters. The van der Waals surface area contributed by atoms with E-state index in [2.05, 4.69) is 295 Å². The molecule has 0 saturated carbocycles. The third kappa shape index (κ3) is 6.78. The molecule has 0 radical (unpaired) electrons. The van der Waals surface area contributed by atoms with E-state index in [0.29, 0.717) is 0 Å². The van der Waals surface area contributed by atoms with Crippen molar-refractivity contribution in [3.8, 4) is 55.9 Å². The van der Waals surface area contributed by atoms with Crippen LogP contribution in [-0.2, 0) is 5.41 Å². The van der Waals surface area contributed by atoms with Gasteiger partial charge in [-0.15, -0.1) is 0 Å². The number of anilines is 3. The highest BCUT2D eigenvalue weighted by Crippen LogP contribution is 2.60. The first-order chi connectivity index (χ1) is 36.2. The minimum Gasteiger partial charge on any atom is -0.309 e. The Bertz CT molecular complexity index is 4130. The number of aromatic nitrogens is 2. The summed E-state index contributed by atoms with van der Waals surface area (Å²) in [5, 5.41) is 10.3. The normalized spacial score (nSPS) is 12.5. The van der Waals surface area contributed by atoms with Gasteiger partial charge in [-0.2, -0.15) is 5.10 Å². The molecule has 0 amide bonds. The molecule has 3 nitrogen and oxygen atoms in total. The molecule has 342 valence electrons. The summed E-state index contributed by atoms with van der Waals surface area (Å²) < 4.78 is 2.19. The summed E-state index contributed by atoms with van der Waals surface area (Å²) in [7, 11) is 0. The second-order valence-corrected chi connectivity index (χ2v) is 19.0. The maximum Gasteiger partial charge on any atom is 0.101 e. The van der Waals surface area contributed by atoms with E-state index in [9.17, 15) is 0 Å². The van der Waals surface area contributed by atoms with Crippen molar-refractivity contribution in [3.63, 3.8) is 0 Å². The van der Waals surface area contributed by atoms with Crippen LogP contribution in [0.3, 0.4) is 0 Å². The van der Waals surface area contributed by atoms with Crippen LogP contribution in [0.5, 0.6) is 0 Å². The van der Waals surface area contributed by atoms with Gasteiger partial charge in [0.05, 0.1) is 28.0 Å². The molecule has 1 aliphatic rings. The molecular formula is C70H47N3. The zero-order valence-corrected chi connectivity index (χ0v) is 40.0. The lowest BCUT2D eigenvalue weighted by Gasteiger charge is -2.34. The maximum absolute atomic E-state index is 5.58. The Kier molecular flexibility index (Phi) is 10.1. The van der Waals surface area contributed by atoms with Gasteiger partial charge < -0.3 is 4.90 Å². The van der Waals surface area contributed by atoms with Crippen molar-refractivity contribution in [1.29, 1.82) is 0 Å². The molecule has 2 aromatic heterocycles. The first-order valence-corrected chi connectivity index (χ1v) is 25.1. The Balaban J connectivity index is 1.09. The molecule has 2 heterocycles. The molecule has 11 aromatic carbocycles. The number of rotatable bonds is 9. The molecule has 0 atom stereocenters. The third-order valence-electron chi connectivity index (χ3n) is 15.1. The molecular weight excluding hydrogens is 883 g/mol. The van der Waals surface area contributed by atoms with Crippen molar-refractivity contribution >= 4 is 44.1 Å². The molecule has 3 heteroatoms. The molecule has 0 aliphatic heterocycles. The van der Waals surface area contributed by atoms with Crippen LogP contribution in [0.4, 0.5) is 17.1 Å². The fraction of sp³-hybridized carbons (Fsp3) is 0.0143. The van der Waals surface area contributed by atoms with Gasteiger partial charge in [0.15, 0.2) is 0 Å². The molecule has 0 saturated heterocycles. The maximum atomic E-state index is 5.58. The minimum atomic E-state index is -0.572. The lowest BCUT2D eigenvalue weighted by Crippen LogP contribution is -2.28. The number of hydrogen-bond donors (Lipinski definition) is 0. The number of benzene rings is 11. The molecule has 0 N–H and O–H groups in total. The first kappa shape index (κ1) is 42.3. The average molecular weight is 930 g/mol. The van der Waals surface area contributed by atoms with Crippen LogP contribution in [0.1, 0.15) is 22.3 Å². The fourth-order valence-corrected chi connectivity index (χ4v) is 11.9. The monoisotopic (exact) mass is 929 g/mol. The standard InChI is InChI=1S/C70H47N3/c1-6-23-50(24-7-1)65-47-60-58(69-66(51-25-8-2-9-26-51)68(71-73(65)69)52-27-10-3-11-28-52)35-20-38-63(60)72(57-44-42-49(43-45-57)54-41-40-48-22-16-17-29-53(48)46-54)64-39-21-37-62-67(64)59-34-18-19-36-61(59)70(62,55-30-12-4-13-31-55)56-32-14-5-15-33-56/h1-47H. The zero-order valence-electron chi connectivity index (χ0n) is 40.0. The van der Waals surface area contributed by atoms with E-state index < -0.39 is 5.41 Å². The molecule has 14 rings (SSSR count). The van der Waals surface area contributed by atoms with E-state index in [0.717, 1.165) is 72.6 Å². The second-order valence-electron chi connectivity index (χ2n) is 19.0. The van der Waals surface area contributed by atoms with Gasteiger partial charge >= 0.3 is 0 Å². The fourth-order valence-electron chi connectivity index (χ4n) is 11.9. The summed E-state index contributed by atoms with van der Waals surface area (Å²) in [5.74, 6) is 0. The lowest BCUT2D eigenvalue weighted by atomic mass is 9.68. The van der Waals surface area contributed by atoms with Crippen molar-refractivity contribution in [2.24, 2.45) is 0 Å². The Labute approximate surface area is 425 Å². The Morgan fingerprint density at radius 1 is 0.342 bits per heavy atom. The van der Waals surface area contributed by atoms with E-state index in [1.165, 1.54) is 49.7 Å². The molecule has 1 aliphatic carbocycles. The minimum absolute atomic E-state index is 0.572. The van der Waals surface area contributed by atoms with Gasteiger partial charge in [-0.25, -0.2) is 4.52 Å². The third-order valence-corrected chi connectivity index (χ3v) is 15.1. The van der Waals surface area contributed by atoms with E-state index in [1.54, 1.807) is 0 Å². The zero-order chi connectivity index (χ0) is 48.3. The summed E-state index contributed by atoms with van der Waals surface area (Å²) in [5.41, 5.74) is 19.8. The van der Waals surface area contributed by atoms with E-state index in [4.69, 9.17) is 5.10 Å². The van der Waals surface area contributed by atoms with Crippen LogP contribution in [0, 0.1) is 0 Å². The topological polar surface area (TPSA) is 20.5 Å². The van der Waals surface area contributed by atoms with Crippen LogP contribution < -0.4 is 4.90 Å². The van der Waals surface area contributed by atoms with Crippen molar-refractivity contribution in [2.45, 2.75) is 5.41 Å². The number of hydrogen-bond acceptors (Lipinski definition) is 2. The smallest absolute Gasteiger partial charge is 0.101 e.